The van der Waals surface area contributed by atoms with Crippen LogP contribution in [0, 0.1) is 0 Å². The third-order valence-corrected chi connectivity index (χ3v) is 7.72. The van der Waals surface area contributed by atoms with Crippen molar-refractivity contribution < 1.29 is 37.1 Å². The van der Waals surface area contributed by atoms with Crippen molar-refractivity contribution in [1.82, 2.24) is 9.21 Å². The highest BCUT2D eigenvalue weighted by Crippen LogP contribution is 2.39. The second-order valence-electron chi connectivity index (χ2n) is 8.54. The molecular formula is C22H29F3N2O5S. The van der Waals surface area contributed by atoms with E-state index < -0.39 is 41.9 Å². The summed E-state index contributed by atoms with van der Waals surface area (Å²) in [7, 11) is 1.77. The lowest BCUT2D eigenvalue weighted by molar-refractivity contribution is -0.215. The lowest BCUT2D eigenvalue weighted by Gasteiger charge is -2.38. The minimum atomic E-state index is -4.83. The number of amides is 1. The van der Waals surface area contributed by atoms with Crippen LogP contribution >= 0.6 is 0 Å². The quantitative estimate of drug-likeness (QED) is 0.616. The largest absolute Gasteiger partial charge is 0.593 e. The maximum Gasteiger partial charge on any atom is 0.427 e. The van der Waals surface area contributed by atoms with E-state index in [0.29, 0.717) is 30.8 Å². The topological polar surface area (TPSA) is 85.3 Å². The van der Waals surface area contributed by atoms with Gasteiger partial charge in [0.15, 0.2) is 4.90 Å². The Morgan fingerprint density at radius 3 is 2.52 bits per heavy atom. The van der Waals surface area contributed by atoms with Crippen molar-refractivity contribution in [2.24, 2.45) is 0 Å². The molecule has 0 radical (unpaired) electrons. The van der Waals surface area contributed by atoms with Gasteiger partial charge in [-0.1, -0.05) is 12.2 Å². The van der Waals surface area contributed by atoms with Crippen molar-refractivity contribution in [3.05, 3.63) is 36.4 Å². The highest BCUT2D eigenvalue weighted by molar-refractivity contribution is 7.89. The van der Waals surface area contributed by atoms with Crippen LogP contribution < -0.4 is 0 Å². The monoisotopic (exact) mass is 490 g/mol. The Kier molecular flexibility index (Phi) is 8.00. The van der Waals surface area contributed by atoms with E-state index in [1.165, 1.54) is 4.90 Å². The fourth-order valence-corrected chi connectivity index (χ4v) is 5.17. The van der Waals surface area contributed by atoms with Crippen LogP contribution in [0.5, 0.6) is 0 Å². The molecule has 11 heteroatoms. The average Bonchev–Trinajstić information content (AvgIpc) is 3.19. The van der Waals surface area contributed by atoms with E-state index >= 15 is 0 Å². The third-order valence-electron chi connectivity index (χ3n) is 6.22. The molecule has 2 aliphatic heterocycles. The maximum atomic E-state index is 13.0. The van der Waals surface area contributed by atoms with Crippen molar-refractivity contribution in [2.75, 3.05) is 33.4 Å². The Labute approximate surface area is 194 Å². The van der Waals surface area contributed by atoms with Crippen LogP contribution in [0.1, 0.15) is 31.7 Å². The summed E-state index contributed by atoms with van der Waals surface area (Å²) in [6.45, 7) is 5.20. The fraction of sp³-hybridized carbons (Fsp3) is 0.591. The standard InChI is InChI=1S/C22H29F3N2O5S/c1-15(2)16-4-6-18(7-5-16)33(30)26(3)17-12-21(31-14-17)8-10-27(11-9-21)20(29)32-19(13-28)22(23,24)25/h4-7,17,19,28H,1,8-14H2,2-3H3/t17?,19-,33?/m1/s1. The van der Waals surface area contributed by atoms with Crippen molar-refractivity contribution >= 4 is 23.0 Å². The van der Waals surface area contributed by atoms with Gasteiger partial charge in [0, 0.05) is 20.1 Å². The van der Waals surface area contributed by atoms with Crippen LogP contribution in [0.15, 0.2) is 35.7 Å². The second-order valence-corrected chi connectivity index (χ2v) is 10.1. The van der Waals surface area contributed by atoms with E-state index in [9.17, 15) is 22.5 Å². The van der Waals surface area contributed by atoms with E-state index in [4.69, 9.17) is 9.84 Å². The summed E-state index contributed by atoms with van der Waals surface area (Å²) in [4.78, 5) is 14.0. The molecule has 2 fully saturated rings. The summed E-state index contributed by atoms with van der Waals surface area (Å²) >= 11 is -1.38. The van der Waals surface area contributed by atoms with E-state index in [-0.39, 0.29) is 19.1 Å². The molecule has 0 aromatic heterocycles. The molecule has 3 rings (SSSR count). The number of benzene rings is 1. The Balaban J connectivity index is 1.54. The predicted octanol–water partition coefficient (Wildman–Crippen LogP) is 3.36. The number of rotatable bonds is 6. The first-order valence-electron chi connectivity index (χ1n) is 10.6. The Morgan fingerprint density at radius 1 is 1.39 bits per heavy atom. The first kappa shape index (κ1) is 25.8. The third kappa shape index (κ3) is 6.02. The number of hydrogen-bond acceptors (Lipinski definition) is 6. The van der Waals surface area contributed by atoms with Gasteiger partial charge in [-0.3, -0.25) is 0 Å². The van der Waals surface area contributed by atoms with Gasteiger partial charge in [0.1, 0.15) is 0 Å². The highest BCUT2D eigenvalue weighted by Gasteiger charge is 2.48. The number of alkyl halides is 3. The Hall–Kier alpha value is -1.79. The zero-order chi connectivity index (χ0) is 24.4. The van der Waals surface area contributed by atoms with Crippen molar-refractivity contribution in [3.8, 4) is 0 Å². The first-order chi connectivity index (χ1) is 15.5. The van der Waals surface area contributed by atoms with Crippen molar-refractivity contribution in [3.63, 3.8) is 0 Å². The Morgan fingerprint density at radius 2 is 2.00 bits per heavy atom. The summed E-state index contributed by atoms with van der Waals surface area (Å²) in [6.07, 6.45) is -7.00. The van der Waals surface area contributed by atoms with Crippen molar-refractivity contribution in [2.45, 2.75) is 55.0 Å². The van der Waals surface area contributed by atoms with E-state index in [2.05, 4.69) is 11.3 Å². The second kappa shape index (κ2) is 10.2. The molecule has 33 heavy (non-hydrogen) atoms. The van der Waals surface area contributed by atoms with Gasteiger partial charge in [0.2, 0.25) is 6.10 Å². The van der Waals surface area contributed by atoms with Gasteiger partial charge in [0.25, 0.3) is 0 Å². The van der Waals surface area contributed by atoms with Gasteiger partial charge in [-0.05, 0) is 56.0 Å². The molecule has 0 saturated carbocycles. The summed E-state index contributed by atoms with van der Waals surface area (Å²) in [5.41, 5.74) is 1.38. The fourth-order valence-electron chi connectivity index (χ4n) is 4.06. The van der Waals surface area contributed by atoms with Gasteiger partial charge < -0.3 is 24.0 Å². The van der Waals surface area contributed by atoms with Crippen LogP contribution in [0.2, 0.25) is 0 Å². The van der Waals surface area contributed by atoms with E-state index in [1.54, 1.807) is 11.4 Å². The molecular weight excluding hydrogens is 461 g/mol. The van der Waals surface area contributed by atoms with E-state index in [0.717, 1.165) is 11.1 Å². The molecule has 1 N–H and O–H groups in total. The number of aliphatic hydroxyl groups excluding tert-OH is 1. The number of aliphatic hydroxyl groups is 1. The summed E-state index contributed by atoms with van der Waals surface area (Å²) in [5.74, 6) is 0. The molecule has 1 spiro atoms. The molecule has 2 saturated heterocycles. The molecule has 1 amide bonds. The van der Waals surface area contributed by atoms with Gasteiger partial charge in [-0.15, -0.1) is 4.31 Å². The first-order valence-corrected chi connectivity index (χ1v) is 11.7. The number of allylic oxidation sites excluding steroid dienone is 1. The number of likely N-dealkylation sites (N-methyl/N-ethyl adjacent to an activating group) is 1. The lowest BCUT2D eigenvalue weighted by atomic mass is 9.87. The molecule has 2 heterocycles. The smallest absolute Gasteiger partial charge is 0.427 e. The van der Waals surface area contributed by atoms with Crippen LogP contribution in [0.4, 0.5) is 18.0 Å². The van der Waals surface area contributed by atoms with E-state index in [1.807, 2.05) is 31.2 Å². The molecule has 0 aliphatic carbocycles. The number of ether oxygens (including phenoxy) is 2. The summed E-state index contributed by atoms with van der Waals surface area (Å²) in [5, 5.41) is 8.85. The van der Waals surface area contributed by atoms with Gasteiger partial charge in [0.05, 0.1) is 36.2 Å². The van der Waals surface area contributed by atoms with Crippen LogP contribution in [-0.2, 0) is 20.8 Å². The molecule has 2 aliphatic rings. The zero-order valence-corrected chi connectivity index (χ0v) is 19.5. The van der Waals surface area contributed by atoms with Crippen LogP contribution in [0.25, 0.3) is 5.57 Å². The molecule has 3 atom stereocenters. The predicted molar refractivity (Wildman–Crippen MR) is 117 cm³/mol. The minimum absolute atomic E-state index is 0.103. The molecule has 7 nitrogen and oxygen atoms in total. The van der Waals surface area contributed by atoms with Gasteiger partial charge in [-0.2, -0.15) is 13.2 Å². The minimum Gasteiger partial charge on any atom is -0.593 e. The number of hydrogen-bond donors (Lipinski definition) is 1. The molecule has 1 aromatic carbocycles. The van der Waals surface area contributed by atoms with Crippen molar-refractivity contribution in [1.29, 1.82) is 0 Å². The van der Waals surface area contributed by atoms with Crippen LogP contribution in [0.3, 0.4) is 0 Å². The summed E-state index contributed by atoms with van der Waals surface area (Å²) in [6, 6.07) is 7.28. The maximum absolute atomic E-state index is 13.0. The number of piperidine rings is 1. The number of nitrogens with zero attached hydrogens (tertiary/aromatic N) is 2. The average molecular weight is 491 g/mol. The SMILES string of the molecule is C=C(C)c1ccc([S+]([O-])N(C)C2COC3(CCN(C(=O)O[C@H](CO)C(F)(F)F)CC3)C2)cc1. The number of carbonyl (C=O) groups excluding carboxylic acids is 1. The molecule has 0 bridgehead atoms. The normalized spacial score (nSPS) is 22.4. The molecule has 184 valence electrons. The summed E-state index contributed by atoms with van der Waals surface area (Å²) < 4.78 is 63.5. The number of likely N-dealkylation sites (tertiary alicyclic amines) is 1. The molecule has 2 unspecified atom stereocenters. The van der Waals surface area contributed by atoms with Gasteiger partial charge in [-0.25, -0.2) is 4.79 Å². The zero-order valence-electron chi connectivity index (χ0n) is 18.6. The Bertz CT molecular complexity index is 843. The highest BCUT2D eigenvalue weighted by atomic mass is 32.2. The van der Waals surface area contributed by atoms with Gasteiger partial charge >= 0.3 is 12.3 Å². The lowest BCUT2D eigenvalue weighted by Crippen LogP contribution is -2.49. The number of carbonyl (C=O) groups is 1. The molecule has 1 aromatic rings. The number of halogens is 3. The van der Waals surface area contributed by atoms with Crippen LogP contribution in [-0.4, -0.2) is 82.2 Å².